The van der Waals surface area contributed by atoms with Crippen molar-refractivity contribution < 1.29 is 42.1 Å². The minimum absolute atomic E-state index is 0.0303. The van der Waals surface area contributed by atoms with E-state index in [1.807, 2.05) is 21.1 Å². The molecule has 340 valence electrons. The van der Waals surface area contributed by atoms with E-state index < -0.39 is 26.5 Å². The second-order valence-electron chi connectivity index (χ2n) is 17.1. The molecule has 0 saturated heterocycles. The highest BCUT2D eigenvalue weighted by Gasteiger charge is 2.27. The van der Waals surface area contributed by atoms with Gasteiger partial charge in [0.2, 0.25) is 0 Å². The van der Waals surface area contributed by atoms with Crippen LogP contribution in [0.25, 0.3) is 0 Å². The quantitative estimate of drug-likeness (QED) is 0.0213. The number of quaternary nitrogens is 1. The highest BCUT2D eigenvalue weighted by atomic mass is 31.2. The van der Waals surface area contributed by atoms with E-state index in [0.29, 0.717) is 17.4 Å². The van der Waals surface area contributed by atoms with Crippen LogP contribution in [0, 0.1) is 0 Å². The van der Waals surface area contributed by atoms with Crippen molar-refractivity contribution in [1.82, 2.24) is 0 Å². The monoisotopic (exact) mass is 841 g/mol. The minimum atomic E-state index is -4.38. The highest BCUT2D eigenvalue weighted by molar-refractivity contribution is 7.47. The summed E-state index contributed by atoms with van der Waals surface area (Å²) in [7, 11) is 1.47. The molecule has 0 aromatic carbocycles. The number of hydrogen-bond acceptors (Lipinski definition) is 7. The van der Waals surface area contributed by atoms with Crippen molar-refractivity contribution in [3.63, 3.8) is 0 Å². The lowest BCUT2D eigenvalue weighted by Gasteiger charge is -2.24. The Balaban J connectivity index is 4.30. The number of hydrogen-bond donors (Lipinski definition) is 1. The Bertz CT molecular complexity index is 1090. The number of likely N-dealkylation sites (N-methyl/N-ethyl adjacent to an activating group) is 1. The first-order valence-corrected chi connectivity index (χ1v) is 25.2. The smallest absolute Gasteiger partial charge is 0.462 e. The molecular weight excluding hydrogens is 750 g/mol. The van der Waals surface area contributed by atoms with Crippen molar-refractivity contribution in [3.8, 4) is 0 Å². The predicted octanol–water partition coefficient (Wildman–Crippen LogP) is 13.7. The van der Waals surface area contributed by atoms with Gasteiger partial charge in [-0.3, -0.25) is 18.6 Å². The molecule has 0 aliphatic rings. The molecule has 0 amide bonds. The normalized spacial score (nSPS) is 13.8. The molecule has 0 aliphatic carbocycles. The molecule has 1 N–H and O–H groups in total. The van der Waals surface area contributed by atoms with Gasteiger partial charge in [0.05, 0.1) is 27.7 Å². The first kappa shape index (κ1) is 56.2. The average molecular weight is 841 g/mol. The van der Waals surface area contributed by atoms with Gasteiger partial charge in [-0.25, -0.2) is 4.57 Å². The van der Waals surface area contributed by atoms with Crippen LogP contribution in [-0.4, -0.2) is 74.9 Å². The van der Waals surface area contributed by atoms with Crippen LogP contribution in [0.15, 0.2) is 36.5 Å². The van der Waals surface area contributed by atoms with Gasteiger partial charge in [0.15, 0.2) is 6.10 Å². The average Bonchev–Trinajstić information content (AvgIpc) is 3.17. The Morgan fingerprint density at radius 1 is 0.534 bits per heavy atom. The molecule has 10 heteroatoms. The van der Waals surface area contributed by atoms with E-state index in [9.17, 15) is 19.0 Å². The summed E-state index contributed by atoms with van der Waals surface area (Å²) in [4.78, 5) is 35.4. The van der Waals surface area contributed by atoms with Gasteiger partial charge in [-0.2, -0.15) is 0 Å². The fourth-order valence-electron chi connectivity index (χ4n) is 6.39. The van der Waals surface area contributed by atoms with Crippen LogP contribution in [0.3, 0.4) is 0 Å². The Morgan fingerprint density at radius 2 is 0.931 bits per heavy atom. The van der Waals surface area contributed by atoms with Crippen molar-refractivity contribution in [3.05, 3.63) is 36.5 Å². The summed E-state index contributed by atoms with van der Waals surface area (Å²) < 4.78 is 34.4. The van der Waals surface area contributed by atoms with Crippen LogP contribution in [0.4, 0.5) is 0 Å². The molecule has 0 aliphatic heterocycles. The first-order chi connectivity index (χ1) is 28.0. The topological polar surface area (TPSA) is 108 Å². The number of esters is 2. The lowest BCUT2D eigenvalue weighted by molar-refractivity contribution is -0.870. The van der Waals surface area contributed by atoms with Crippen LogP contribution in [-0.2, 0) is 32.7 Å². The Kier molecular flexibility index (Phi) is 39.4. The van der Waals surface area contributed by atoms with Gasteiger partial charge in [-0.1, -0.05) is 159 Å². The predicted molar refractivity (Wildman–Crippen MR) is 243 cm³/mol. The number of ether oxygens (including phenoxy) is 2. The second-order valence-corrected chi connectivity index (χ2v) is 18.6. The fraction of sp³-hybridized carbons (Fsp3) is 0.833. The largest absolute Gasteiger partial charge is 0.472 e. The molecule has 0 aromatic heterocycles. The van der Waals surface area contributed by atoms with E-state index in [-0.39, 0.29) is 32.0 Å². The maximum atomic E-state index is 12.7. The standard InChI is InChI=1S/C48H90NO8P/c1-6-8-10-12-14-16-18-20-22-23-24-25-27-28-30-32-34-36-38-40-47(50)54-44-46(45-56-58(52,53)55-43-42-49(3,4)5)57-48(51)41-39-37-35-33-31-29-26-21-19-17-15-13-11-9-7-2/h14,16-17,19-20,22,46H,6-13,15,18,21,23-45H2,1-5H3/p+1/b16-14+,19-17+,22-20+/t46-/m1/s1. The number of nitrogens with zero attached hydrogens (tertiary/aromatic N) is 1. The van der Waals surface area contributed by atoms with Gasteiger partial charge in [0.25, 0.3) is 0 Å². The number of unbranched alkanes of at least 4 members (excludes halogenated alkanes) is 23. The number of carbonyl (C=O) groups excluding carboxylic acids is 2. The van der Waals surface area contributed by atoms with Gasteiger partial charge < -0.3 is 18.9 Å². The Morgan fingerprint density at radius 3 is 1.41 bits per heavy atom. The number of phosphoric acid groups is 1. The van der Waals surface area contributed by atoms with Crippen LogP contribution in [0.2, 0.25) is 0 Å². The van der Waals surface area contributed by atoms with Crippen LogP contribution >= 0.6 is 7.82 Å². The zero-order chi connectivity index (χ0) is 42.8. The molecule has 0 radical (unpaired) electrons. The van der Waals surface area contributed by atoms with Gasteiger partial charge >= 0.3 is 19.8 Å². The molecule has 58 heavy (non-hydrogen) atoms. The van der Waals surface area contributed by atoms with E-state index in [2.05, 4.69) is 50.3 Å². The maximum absolute atomic E-state index is 12.7. The third-order valence-electron chi connectivity index (χ3n) is 10.1. The summed E-state index contributed by atoms with van der Waals surface area (Å²) in [6.07, 6.45) is 46.1. The molecular formula is C48H91NO8P+. The van der Waals surface area contributed by atoms with Crippen molar-refractivity contribution in [2.75, 3.05) is 47.5 Å². The van der Waals surface area contributed by atoms with Crippen molar-refractivity contribution in [1.29, 1.82) is 0 Å². The minimum Gasteiger partial charge on any atom is -0.462 e. The van der Waals surface area contributed by atoms with E-state index in [4.69, 9.17) is 18.5 Å². The molecule has 1 unspecified atom stereocenters. The number of phosphoric ester groups is 1. The van der Waals surface area contributed by atoms with Crippen LogP contribution < -0.4 is 0 Å². The van der Waals surface area contributed by atoms with Gasteiger partial charge in [-0.05, 0) is 70.6 Å². The summed E-state index contributed by atoms with van der Waals surface area (Å²) in [5.41, 5.74) is 0. The summed E-state index contributed by atoms with van der Waals surface area (Å²) in [5, 5.41) is 0. The molecule has 0 fully saturated rings. The summed E-state index contributed by atoms with van der Waals surface area (Å²) in [6.45, 7) is 4.39. The molecule has 0 rings (SSSR count). The number of allylic oxidation sites excluding steroid dienone is 6. The molecule has 2 atom stereocenters. The lowest BCUT2D eigenvalue weighted by atomic mass is 10.1. The molecule has 0 aromatic rings. The highest BCUT2D eigenvalue weighted by Crippen LogP contribution is 2.43. The fourth-order valence-corrected chi connectivity index (χ4v) is 7.13. The number of carbonyl (C=O) groups is 2. The zero-order valence-corrected chi connectivity index (χ0v) is 39.2. The Labute approximate surface area is 357 Å². The van der Waals surface area contributed by atoms with E-state index in [1.165, 1.54) is 122 Å². The SMILES string of the molecule is CCCCC/C=C/C/C=C/CCCCCCCCCCCC(=O)OC[C@H](COP(=O)(O)OCC[N+](C)(C)C)OC(=O)CCCCCCCCC/C=C/CCCCCC. The van der Waals surface area contributed by atoms with Crippen LogP contribution in [0.5, 0.6) is 0 Å². The third kappa shape index (κ3) is 43.8. The summed E-state index contributed by atoms with van der Waals surface area (Å²) >= 11 is 0. The number of rotatable bonds is 43. The van der Waals surface area contributed by atoms with Gasteiger partial charge in [0.1, 0.15) is 19.8 Å². The maximum Gasteiger partial charge on any atom is 0.472 e. The first-order valence-electron chi connectivity index (χ1n) is 23.7. The van der Waals surface area contributed by atoms with Crippen molar-refractivity contribution in [2.45, 2.75) is 213 Å². The van der Waals surface area contributed by atoms with E-state index in [1.54, 1.807) is 0 Å². The summed E-state index contributed by atoms with van der Waals surface area (Å²) in [6, 6.07) is 0. The molecule has 0 heterocycles. The molecule has 0 spiro atoms. The molecule has 0 saturated carbocycles. The zero-order valence-electron chi connectivity index (χ0n) is 38.3. The van der Waals surface area contributed by atoms with Crippen molar-refractivity contribution in [2.24, 2.45) is 0 Å². The second kappa shape index (κ2) is 40.6. The van der Waals surface area contributed by atoms with E-state index in [0.717, 1.165) is 51.4 Å². The Hall–Kier alpha value is -1.77. The van der Waals surface area contributed by atoms with Gasteiger partial charge in [-0.15, -0.1) is 0 Å². The molecule has 0 bridgehead atoms. The van der Waals surface area contributed by atoms with Gasteiger partial charge in [0, 0.05) is 12.8 Å². The third-order valence-corrected chi connectivity index (χ3v) is 11.1. The van der Waals surface area contributed by atoms with E-state index >= 15 is 0 Å². The lowest BCUT2D eigenvalue weighted by Crippen LogP contribution is -2.37. The summed E-state index contributed by atoms with van der Waals surface area (Å²) in [5.74, 6) is -0.805. The molecule has 9 nitrogen and oxygen atoms in total. The van der Waals surface area contributed by atoms with Crippen LogP contribution in [0.1, 0.15) is 206 Å². The van der Waals surface area contributed by atoms with Crippen molar-refractivity contribution >= 4 is 19.8 Å².